The zero-order valence-electron chi connectivity index (χ0n) is 13.5. The standard InChI is InChI=1S/C18H20BN3O/c1-3-20-18(23)10-7-12-11-5-4-6-14-16(11)13(17(19)21-14)8-15(12)22(2)9-10/h4-7,10,15,21H,3,8-9H2,1-2H3,(H,20,23)/t10-,15?/m1/s1. The highest BCUT2D eigenvalue weighted by molar-refractivity contribution is 6.34. The number of hydrogen-bond donors (Lipinski definition) is 2. The number of fused-ring (bicyclic) bond motifs is 2. The summed E-state index contributed by atoms with van der Waals surface area (Å²) in [4.78, 5) is 17.9. The molecular weight excluding hydrogens is 285 g/mol. The molecule has 2 aliphatic rings. The van der Waals surface area contributed by atoms with E-state index in [1.807, 2.05) is 6.92 Å². The number of carbonyl (C=O) groups is 1. The van der Waals surface area contributed by atoms with Gasteiger partial charge in [0.1, 0.15) is 7.85 Å². The Kier molecular flexibility index (Phi) is 3.34. The van der Waals surface area contributed by atoms with Crippen LogP contribution in [-0.2, 0) is 11.2 Å². The van der Waals surface area contributed by atoms with Crippen LogP contribution in [0, 0.1) is 5.92 Å². The molecule has 23 heavy (non-hydrogen) atoms. The average molecular weight is 305 g/mol. The number of rotatable bonds is 2. The Bertz CT molecular complexity index is 823. The summed E-state index contributed by atoms with van der Waals surface area (Å²) in [5.74, 6) is 0.0103. The fourth-order valence-corrected chi connectivity index (χ4v) is 4.04. The van der Waals surface area contributed by atoms with E-state index in [2.05, 4.69) is 46.5 Å². The predicted octanol–water partition coefficient (Wildman–Crippen LogP) is 0.967. The Morgan fingerprint density at radius 3 is 3.09 bits per heavy atom. The van der Waals surface area contributed by atoms with Crippen LogP contribution in [0.3, 0.4) is 0 Å². The lowest BCUT2D eigenvalue weighted by molar-refractivity contribution is -0.124. The van der Waals surface area contributed by atoms with E-state index in [1.54, 1.807) is 0 Å². The Labute approximate surface area is 137 Å². The van der Waals surface area contributed by atoms with Crippen LogP contribution >= 0.6 is 0 Å². The Morgan fingerprint density at radius 1 is 1.48 bits per heavy atom. The summed E-state index contributed by atoms with van der Waals surface area (Å²) in [6.45, 7) is 3.37. The summed E-state index contributed by atoms with van der Waals surface area (Å²) < 4.78 is 0. The number of benzene rings is 1. The van der Waals surface area contributed by atoms with Crippen molar-refractivity contribution in [3.05, 3.63) is 35.4 Å². The van der Waals surface area contributed by atoms with Gasteiger partial charge in [0, 0.05) is 30.0 Å². The van der Waals surface area contributed by atoms with Crippen LogP contribution in [0.2, 0.25) is 0 Å². The molecule has 5 heteroatoms. The molecular formula is C18H20BN3O. The molecule has 0 saturated carbocycles. The summed E-state index contributed by atoms with van der Waals surface area (Å²) in [6.07, 6.45) is 3.06. The smallest absolute Gasteiger partial charge is 0.228 e. The van der Waals surface area contributed by atoms with Crippen LogP contribution in [0.5, 0.6) is 0 Å². The van der Waals surface area contributed by atoms with Crippen LogP contribution < -0.4 is 10.9 Å². The molecule has 1 aromatic heterocycles. The normalized spacial score (nSPS) is 23.5. The van der Waals surface area contributed by atoms with Gasteiger partial charge in [-0.2, -0.15) is 0 Å². The largest absolute Gasteiger partial charge is 0.368 e. The van der Waals surface area contributed by atoms with Gasteiger partial charge >= 0.3 is 0 Å². The van der Waals surface area contributed by atoms with Crippen molar-refractivity contribution in [2.45, 2.75) is 19.4 Å². The number of likely N-dealkylation sites (N-methyl/N-ethyl adjacent to an activating group) is 1. The van der Waals surface area contributed by atoms with Gasteiger partial charge in [0.05, 0.1) is 5.92 Å². The molecule has 2 aromatic rings. The van der Waals surface area contributed by atoms with Gasteiger partial charge in [-0.15, -0.1) is 0 Å². The lowest BCUT2D eigenvalue weighted by atomic mass is 9.77. The molecule has 2 heterocycles. The molecule has 0 spiro atoms. The maximum atomic E-state index is 12.3. The third kappa shape index (κ3) is 2.14. The number of hydrogen-bond acceptors (Lipinski definition) is 2. The number of amides is 1. The predicted molar refractivity (Wildman–Crippen MR) is 94.0 cm³/mol. The number of nitrogens with zero attached hydrogens (tertiary/aromatic N) is 1. The van der Waals surface area contributed by atoms with Gasteiger partial charge in [0.15, 0.2) is 0 Å². The van der Waals surface area contributed by atoms with E-state index >= 15 is 0 Å². The van der Waals surface area contributed by atoms with Gasteiger partial charge in [-0.3, -0.25) is 9.69 Å². The topological polar surface area (TPSA) is 48.1 Å². The van der Waals surface area contributed by atoms with Crippen LogP contribution in [0.1, 0.15) is 18.1 Å². The molecule has 4 rings (SSSR count). The van der Waals surface area contributed by atoms with Gasteiger partial charge in [0.2, 0.25) is 5.91 Å². The van der Waals surface area contributed by atoms with E-state index in [0.717, 1.165) is 24.1 Å². The molecule has 2 radical (unpaired) electrons. The Hall–Kier alpha value is -2.01. The maximum absolute atomic E-state index is 12.3. The van der Waals surface area contributed by atoms with E-state index in [0.29, 0.717) is 6.54 Å². The summed E-state index contributed by atoms with van der Waals surface area (Å²) in [6, 6.07) is 6.55. The molecule has 0 fully saturated rings. The molecule has 4 nitrogen and oxygen atoms in total. The maximum Gasteiger partial charge on any atom is 0.228 e. The van der Waals surface area contributed by atoms with E-state index < -0.39 is 0 Å². The van der Waals surface area contributed by atoms with Crippen molar-refractivity contribution in [1.29, 1.82) is 0 Å². The summed E-state index contributed by atoms with van der Waals surface area (Å²) in [7, 11) is 8.29. The second-order valence-electron chi connectivity index (χ2n) is 6.53. The fourth-order valence-electron chi connectivity index (χ4n) is 4.04. The molecule has 1 aliphatic heterocycles. The number of aromatic nitrogens is 1. The third-order valence-corrected chi connectivity index (χ3v) is 5.11. The van der Waals surface area contributed by atoms with E-state index in [4.69, 9.17) is 7.85 Å². The van der Waals surface area contributed by atoms with Crippen molar-refractivity contribution < 1.29 is 4.79 Å². The Morgan fingerprint density at radius 2 is 2.30 bits per heavy atom. The minimum absolute atomic E-state index is 0.0979. The van der Waals surface area contributed by atoms with E-state index in [-0.39, 0.29) is 17.9 Å². The minimum Gasteiger partial charge on any atom is -0.368 e. The third-order valence-electron chi connectivity index (χ3n) is 5.11. The van der Waals surface area contributed by atoms with Crippen LogP contribution in [0.15, 0.2) is 24.3 Å². The highest BCUT2D eigenvalue weighted by Crippen LogP contribution is 2.40. The van der Waals surface area contributed by atoms with Gasteiger partial charge in [0.25, 0.3) is 0 Å². The molecule has 0 bridgehead atoms. The second-order valence-corrected chi connectivity index (χ2v) is 6.53. The molecule has 116 valence electrons. The second kappa shape index (κ2) is 5.27. The minimum atomic E-state index is -0.0979. The first kappa shape index (κ1) is 14.6. The summed E-state index contributed by atoms with van der Waals surface area (Å²) in [5.41, 5.74) is 5.53. The first-order valence-electron chi connectivity index (χ1n) is 8.19. The number of H-pyrrole nitrogens is 1. The van der Waals surface area contributed by atoms with E-state index in [9.17, 15) is 4.79 Å². The monoisotopic (exact) mass is 305 g/mol. The first-order valence-corrected chi connectivity index (χ1v) is 8.19. The van der Waals surface area contributed by atoms with Crippen molar-refractivity contribution >= 4 is 35.8 Å². The van der Waals surface area contributed by atoms with Crippen LogP contribution in [-0.4, -0.2) is 49.8 Å². The SMILES string of the molecule is [B]c1[nH]c2cccc3c2c1CC1C3=C[C@@H](C(=O)NCC)CN1C. The highest BCUT2D eigenvalue weighted by atomic mass is 16.1. The van der Waals surface area contributed by atoms with Crippen molar-refractivity contribution in [3.8, 4) is 0 Å². The summed E-state index contributed by atoms with van der Waals surface area (Å²) in [5, 5.41) is 4.16. The Balaban J connectivity index is 1.87. The van der Waals surface area contributed by atoms with Crippen molar-refractivity contribution in [3.63, 3.8) is 0 Å². The van der Waals surface area contributed by atoms with Gasteiger partial charge in [-0.25, -0.2) is 0 Å². The van der Waals surface area contributed by atoms with Gasteiger partial charge in [-0.1, -0.05) is 18.2 Å². The summed E-state index contributed by atoms with van der Waals surface area (Å²) >= 11 is 0. The zero-order valence-corrected chi connectivity index (χ0v) is 13.5. The molecule has 1 amide bonds. The lowest BCUT2D eigenvalue weighted by Crippen LogP contribution is -2.47. The first-order chi connectivity index (χ1) is 11.1. The lowest BCUT2D eigenvalue weighted by Gasteiger charge is -2.39. The van der Waals surface area contributed by atoms with Crippen molar-refractivity contribution in [2.24, 2.45) is 5.92 Å². The van der Waals surface area contributed by atoms with E-state index in [1.165, 1.54) is 22.1 Å². The number of carbonyl (C=O) groups excluding carboxylic acids is 1. The van der Waals surface area contributed by atoms with Crippen LogP contribution in [0.25, 0.3) is 16.5 Å². The molecule has 2 N–H and O–H groups in total. The zero-order chi connectivity index (χ0) is 16.1. The quantitative estimate of drug-likeness (QED) is 0.812. The highest BCUT2D eigenvalue weighted by Gasteiger charge is 2.35. The van der Waals surface area contributed by atoms with Gasteiger partial charge in [-0.05, 0) is 48.8 Å². The molecule has 1 aliphatic carbocycles. The van der Waals surface area contributed by atoms with Crippen molar-refractivity contribution in [1.82, 2.24) is 15.2 Å². The molecule has 0 saturated heterocycles. The van der Waals surface area contributed by atoms with Gasteiger partial charge < -0.3 is 10.3 Å². The molecule has 1 unspecified atom stereocenters. The number of aromatic amines is 1. The molecule has 2 atom stereocenters. The van der Waals surface area contributed by atoms with Crippen LogP contribution in [0.4, 0.5) is 0 Å². The average Bonchev–Trinajstić information content (AvgIpc) is 2.86. The fraction of sp³-hybridized carbons (Fsp3) is 0.389. The van der Waals surface area contributed by atoms with Crippen molar-refractivity contribution in [2.75, 3.05) is 20.1 Å². The number of nitrogens with one attached hydrogen (secondary N) is 2. The molecule has 1 aromatic carbocycles.